The number of hydrogen-bond acceptors (Lipinski definition) is 8. The molecule has 0 spiro atoms. The third kappa shape index (κ3) is 7.98. The summed E-state index contributed by atoms with van der Waals surface area (Å²) in [7, 11) is 0. The van der Waals surface area contributed by atoms with Crippen LogP contribution in [0.5, 0.6) is 0 Å². The lowest BCUT2D eigenvalue weighted by Gasteiger charge is -2.25. The molecule has 2 unspecified atom stereocenters. The van der Waals surface area contributed by atoms with Crippen molar-refractivity contribution in [3.63, 3.8) is 0 Å². The zero-order valence-corrected chi connectivity index (χ0v) is 25.2. The number of rotatable bonds is 9. The fourth-order valence-corrected chi connectivity index (χ4v) is 4.79. The van der Waals surface area contributed by atoms with E-state index >= 15 is 0 Å². The van der Waals surface area contributed by atoms with E-state index in [1.807, 2.05) is 0 Å². The predicted molar refractivity (Wildman–Crippen MR) is 162 cm³/mol. The quantitative estimate of drug-likeness (QED) is 0.0634. The Morgan fingerprint density at radius 3 is 2.43 bits per heavy atom. The summed E-state index contributed by atoms with van der Waals surface area (Å²) < 4.78 is 59.6. The van der Waals surface area contributed by atoms with Gasteiger partial charge in [-0.3, -0.25) is 4.79 Å². The van der Waals surface area contributed by atoms with Gasteiger partial charge in [-0.15, -0.1) is 0 Å². The van der Waals surface area contributed by atoms with Crippen LogP contribution >= 0.6 is 11.6 Å². The van der Waals surface area contributed by atoms with Crippen molar-refractivity contribution in [1.82, 2.24) is 5.06 Å². The van der Waals surface area contributed by atoms with E-state index in [4.69, 9.17) is 20.9 Å². The second kappa shape index (κ2) is 13.8. The molecule has 4 aromatic rings. The van der Waals surface area contributed by atoms with Crippen LogP contribution in [-0.4, -0.2) is 39.6 Å². The number of hydroxylamine groups is 2. The highest BCUT2D eigenvalue weighted by Gasteiger charge is 2.34. The zero-order valence-electron chi connectivity index (χ0n) is 24.5. The maximum atomic E-state index is 13.6. The molecule has 1 amide bonds. The SMILES string of the molecule is Cc1cc2c(-c3cccc(/C=C/C(=O)ON(C(C)O)C(C)O)c3)c(CC(=O)Nc3ccc(F)cc3C(F)(F)F)c(=O)oc2cc1Cl. The van der Waals surface area contributed by atoms with Crippen LogP contribution in [0.3, 0.4) is 0 Å². The predicted octanol–water partition coefficient (Wildman–Crippen LogP) is 6.21. The molecule has 3 aromatic carbocycles. The highest BCUT2D eigenvalue weighted by atomic mass is 35.5. The first-order valence-electron chi connectivity index (χ1n) is 13.6. The minimum absolute atomic E-state index is 0.0820. The molecule has 4 rings (SSSR count). The zero-order chi connectivity index (χ0) is 33.9. The van der Waals surface area contributed by atoms with Gasteiger partial charge in [0.25, 0.3) is 0 Å². The topological polar surface area (TPSA) is 129 Å². The van der Waals surface area contributed by atoms with Gasteiger partial charge in [-0.1, -0.05) is 34.9 Å². The summed E-state index contributed by atoms with van der Waals surface area (Å²) in [6, 6.07) is 11.2. The first-order chi connectivity index (χ1) is 21.5. The maximum Gasteiger partial charge on any atom is 0.418 e. The fourth-order valence-electron chi connectivity index (χ4n) is 4.64. The second-order valence-corrected chi connectivity index (χ2v) is 10.7. The molecule has 2 atom stereocenters. The summed E-state index contributed by atoms with van der Waals surface area (Å²) in [6.45, 7) is 4.27. The number of nitrogens with one attached hydrogen (secondary N) is 1. The summed E-state index contributed by atoms with van der Waals surface area (Å²) in [5.74, 6) is -3.07. The Bertz CT molecular complexity index is 1880. The molecular weight excluding hydrogens is 636 g/mol. The number of halogens is 5. The summed E-state index contributed by atoms with van der Waals surface area (Å²) in [5.41, 5.74) is -1.52. The monoisotopic (exact) mass is 662 g/mol. The number of fused-ring (bicyclic) bond motifs is 1. The van der Waals surface area contributed by atoms with Gasteiger partial charge in [0.15, 0.2) is 0 Å². The number of alkyl halides is 3. The maximum absolute atomic E-state index is 13.6. The van der Waals surface area contributed by atoms with Gasteiger partial charge < -0.3 is 24.8 Å². The van der Waals surface area contributed by atoms with Crippen LogP contribution < -0.4 is 10.9 Å². The third-order valence-electron chi connectivity index (χ3n) is 6.70. The Morgan fingerprint density at radius 1 is 1.09 bits per heavy atom. The van der Waals surface area contributed by atoms with Gasteiger partial charge in [0.05, 0.1) is 23.2 Å². The number of nitrogens with zero attached hydrogens (tertiary/aromatic N) is 1. The van der Waals surface area contributed by atoms with Gasteiger partial charge in [-0.2, -0.15) is 13.2 Å². The van der Waals surface area contributed by atoms with E-state index in [1.165, 1.54) is 26.0 Å². The number of amides is 1. The molecule has 0 aliphatic rings. The Kier molecular flexibility index (Phi) is 10.3. The summed E-state index contributed by atoms with van der Waals surface area (Å²) in [6.07, 6.45) is -5.88. The summed E-state index contributed by atoms with van der Waals surface area (Å²) >= 11 is 6.25. The third-order valence-corrected chi connectivity index (χ3v) is 7.11. The number of hydrogen-bond donors (Lipinski definition) is 3. The van der Waals surface area contributed by atoms with E-state index in [2.05, 4.69) is 5.32 Å². The van der Waals surface area contributed by atoms with Gasteiger partial charge in [-0.05, 0) is 73.9 Å². The molecule has 1 aromatic heterocycles. The Morgan fingerprint density at radius 2 is 1.78 bits per heavy atom. The number of carbonyl (C=O) groups excluding carboxylic acids is 2. The number of aliphatic hydroxyl groups is 2. The van der Waals surface area contributed by atoms with E-state index < -0.39 is 59.6 Å². The molecule has 0 aliphatic heterocycles. The molecule has 0 saturated heterocycles. The van der Waals surface area contributed by atoms with E-state index in [-0.39, 0.29) is 22.8 Å². The van der Waals surface area contributed by atoms with Gasteiger partial charge in [0, 0.05) is 28.1 Å². The molecular formula is C32H27ClF4N2O7. The lowest BCUT2D eigenvalue weighted by atomic mass is 9.93. The van der Waals surface area contributed by atoms with E-state index in [1.54, 1.807) is 37.3 Å². The molecule has 9 nitrogen and oxygen atoms in total. The van der Waals surface area contributed by atoms with Crippen molar-refractivity contribution in [2.45, 2.75) is 45.8 Å². The fraction of sp³-hybridized carbons (Fsp3) is 0.219. The largest absolute Gasteiger partial charge is 0.422 e. The normalized spacial score (nSPS) is 13.3. The number of aryl methyl sites for hydroxylation is 1. The number of benzene rings is 3. The van der Waals surface area contributed by atoms with Crippen molar-refractivity contribution < 1.29 is 46.6 Å². The second-order valence-electron chi connectivity index (χ2n) is 10.2. The molecule has 1 heterocycles. The van der Waals surface area contributed by atoms with Gasteiger partial charge in [0.1, 0.15) is 23.9 Å². The Balaban J connectivity index is 1.76. The lowest BCUT2D eigenvalue weighted by molar-refractivity contribution is -0.273. The van der Waals surface area contributed by atoms with Crippen molar-refractivity contribution in [3.05, 3.63) is 104 Å². The molecule has 0 fully saturated rings. The molecule has 46 heavy (non-hydrogen) atoms. The molecule has 3 N–H and O–H groups in total. The van der Waals surface area contributed by atoms with Crippen LogP contribution in [0, 0.1) is 12.7 Å². The summed E-state index contributed by atoms with van der Waals surface area (Å²) in [4.78, 5) is 43.6. The molecule has 0 aliphatic carbocycles. The van der Waals surface area contributed by atoms with Crippen molar-refractivity contribution >= 4 is 46.2 Å². The molecule has 0 saturated carbocycles. The average molecular weight is 663 g/mol. The number of anilines is 1. The van der Waals surface area contributed by atoms with Crippen LogP contribution in [0.2, 0.25) is 5.02 Å². The van der Waals surface area contributed by atoms with Crippen LogP contribution in [0.15, 0.2) is 69.9 Å². The van der Waals surface area contributed by atoms with Gasteiger partial charge >= 0.3 is 17.8 Å². The van der Waals surface area contributed by atoms with Crippen LogP contribution in [-0.2, 0) is 27.0 Å². The molecule has 14 heteroatoms. The molecule has 0 radical (unpaired) electrons. The average Bonchev–Trinajstić information content (AvgIpc) is 2.96. The highest BCUT2D eigenvalue weighted by Crippen LogP contribution is 2.37. The Labute approximate surface area is 264 Å². The van der Waals surface area contributed by atoms with Crippen molar-refractivity contribution in [1.29, 1.82) is 0 Å². The van der Waals surface area contributed by atoms with Crippen molar-refractivity contribution in [2.24, 2.45) is 0 Å². The smallest absolute Gasteiger partial charge is 0.418 e. The highest BCUT2D eigenvalue weighted by molar-refractivity contribution is 6.32. The minimum atomic E-state index is -4.97. The number of aliphatic hydroxyl groups excluding tert-OH is 2. The number of carbonyl (C=O) groups is 2. The van der Waals surface area contributed by atoms with Crippen LogP contribution in [0.4, 0.5) is 23.2 Å². The van der Waals surface area contributed by atoms with Gasteiger partial charge in [-0.25, -0.2) is 14.0 Å². The van der Waals surface area contributed by atoms with Crippen molar-refractivity contribution in [2.75, 3.05) is 5.32 Å². The standard InChI is InChI=1S/C32H27ClF4N2O7/c1-16-11-22-27(15-25(16)33)45-31(44)23(14-28(42)38-26-9-8-21(34)13-24(26)32(35,36)37)30(22)20-6-4-5-19(12-20)7-10-29(43)46-39(17(2)40)18(3)41/h4-13,15,17-18,40-41H,14H2,1-3H3,(H,38,42)/b10-7+. The molecule has 0 bridgehead atoms. The van der Waals surface area contributed by atoms with Crippen LogP contribution in [0.1, 0.15) is 36.1 Å². The van der Waals surface area contributed by atoms with E-state index in [0.29, 0.717) is 32.2 Å². The van der Waals surface area contributed by atoms with Crippen LogP contribution in [0.25, 0.3) is 28.2 Å². The van der Waals surface area contributed by atoms with Crippen molar-refractivity contribution in [3.8, 4) is 11.1 Å². The van der Waals surface area contributed by atoms with E-state index in [0.717, 1.165) is 18.2 Å². The van der Waals surface area contributed by atoms with Gasteiger partial charge in [0.2, 0.25) is 5.91 Å². The lowest BCUT2D eigenvalue weighted by Crippen LogP contribution is -2.41. The minimum Gasteiger partial charge on any atom is -0.422 e. The Hall–Kier alpha value is -4.56. The first kappa shape index (κ1) is 34.3. The van der Waals surface area contributed by atoms with E-state index in [9.17, 15) is 42.2 Å². The summed E-state index contributed by atoms with van der Waals surface area (Å²) in [5, 5.41) is 22.8. The molecule has 242 valence electrons. The first-order valence-corrected chi connectivity index (χ1v) is 14.0.